The summed E-state index contributed by atoms with van der Waals surface area (Å²) in [4.78, 5) is 0. The van der Waals surface area contributed by atoms with Crippen LogP contribution in [-0.2, 0) is 6.54 Å². The minimum absolute atomic E-state index is 0.563. The van der Waals surface area contributed by atoms with Gasteiger partial charge in [-0.25, -0.2) is 4.57 Å². The minimum Gasteiger partial charge on any atom is -0.205 e. The third-order valence-corrected chi connectivity index (χ3v) is 10.6. The molecule has 1 heterocycles. The Morgan fingerprint density at radius 1 is 0.318 bits per heavy atom. The Kier molecular flexibility index (Phi) is 30.0. The van der Waals surface area contributed by atoms with Gasteiger partial charge >= 0.3 is 0 Å². The van der Waals surface area contributed by atoms with Gasteiger partial charge in [-0.05, 0) is 24.7 Å². The Balaban J connectivity index is 2.39. The summed E-state index contributed by atoms with van der Waals surface area (Å²) in [7, 11) is 0. The smallest absolute Gasteiger partial charge is 0.168 e. The Hall–Kier alpha value is -0.850. The molecular formula is C43H82N+. The molecule has 0 bridgehead atoms. The number of aryl methyl sites for hydroxylation is 1. The van der Waals surface area contributed by atoms with Crippen molar-refractivity contribution in [2.45, 2.75) is 239 Å². The molecule has 1 rings (SSSR count). The molecule has 258 valence electrons. The fourth-order valence-corrected chi connectivity index (χ4v) is 7.49. The molecule has 1 aromatic heterocycles. The molecule has 1 aromatic rings. The molecule has 44 heavy (non-hydrogen) atoms. The SMILES string of the molecule is CCCCCCCCCCCCCCCC(CCCCC)(CCCCCCCCCCCCCCC)CC[n+]1ccccc1. The van der Waals surface area contributed by atoms with E-state index in [9.17, 15) is 0 Å². The van der Waals surface area contributed by atoms with Crippen LogP contribution < -0.4 is 4.57 Å². The van der Waals surface area contributed by atoms with E-state index in [0.717, 1.165) is 0 Å². The van der Waals surface area contributed by atoms with Crippen molar-refractivity contribution in [3.05, 3.63) is 30.6 Å². The van der Waals surface area contributed by atoms with E-state index in [0.29, 0.717) is 5.41 Å². The molecule has 0 aromatic carbocycles. The highest BCUT2D eigenvalue weighted by Crippen LogP contribution is 2.40. The highest BCUT2D eigenvalue weighted by atomic mass is 14.9. The lowest BCUT2D eigenvalue weighted by Gasteiger charge is -2.34. The Bertz CT molecular complexity index is 637. The van der Waals surface area contributed by atoms with E-state index in [-0.39, 0.29) is 0 Å². The van der Waals surface area contributed by atoms with Crippen molar-refractivity contribution < 1.29 is 4.57 Å². The van der Waals surface area contributed by atoms with Gasteiger partial charge in [-0.15, -0.1) is 0 Å². The maximum atomic E-state index is 2.45. The third-order valence-electron chi connectivity index (χ3n) is 10.6. The van der Waals surface area contributed by atoms with Crippen LogP contribution in [0.3, 0.4) is 0 Å². The second-order valence-corrected chi connectivity index (χ2v) is 14.8. The lowest BCUT2D eigenvalue weighted by atomic mass is 9.71. The highest BCUT2D eigenvalue weighted by molar-refractivity contribution is 4.84. The number of nitrogens with zero attached hydrogens (tertiary/aromatic N) is 1. The van der Waals surface area contributed by atoms with Crippen LogP contribution >= 0.6 is 0 Å². The van der Waals surface area contributed by atoms with Gasteiger partial charge in [0, 0.05) is 18.6 Å². The van der Waals surface area contributed by atoms with Crippen LogP contribution in [0.25, 0.3) is 0 Å². The number of unbranched alkanes of at least 4 members (excludes halogenated alkanes) is 26. The van der Waals surface area contributed by atoms with Crippen molar-refractivity contribution in [1.29, 1.82) is 0 Å². The quantitative estimate of drug-likeness (QED) is 0.0530. The van der Waals surface area contributed by atoms with E-state index in [2.05, 4.69) is 55.9 Å². The molecule has 0 aliphatic rings. The molecule has 0 atom stereocenters. The Labute approximate surface area is 279 Å². The predicted octanol–water partition coefficient (Wildman–Crippen LogP) is 14.9. The molecule has 0 saturated carbocycles. The summed E-state index contributed by atoms with van der Waals surface area (Å²) in [6, 6.07) is 6.57. The summed E-state index contributed by atoms with van der Waals surface area (Å²) in [5.41, 5.74) is 0.563. The topological polar surface area (TPSA) is 3.88 Å². The van der Waals surface area contributed by atoms with Crippen LogP contribution in [0.2, 0.25) is 0 Å². The van der Waals surface area contributed by atoms with Gasteiger partial charge < -0.3 is 0 Å². The van der Waals surface area contributed by atoms with Crippen LogP contribution in [0.1, 0.15) is 233 Å². The van der Waals surface area contributed by atoms with Gasteiger partial charge in [0.15, 0.2) is 12.4 Å². The summed E-state index contributed by atoms with van der Waals surface area (Å²) in [5.74, 6) is 0. The highest BCUT2D eigenvalue weighted by Gasteiger charge is 2.30. The van der Waals surface area contributed by atoms with Crippen LogP contribution in [0.4, 0.5) is 0 Å². The van der Waals surface area contributed by atoms with Crippen LogP contribution in [0.15, 0.2) is 30.6 Å². The molecular weight excluding hydrogens is 530 g/mol. The molecule has 0 aliphatic carbocycles. The standard InChI is InChI=1S/C43H82N/c1-4-7-10-12-14-16-18-20-22-24-26-28-32-37-43(36-31-9-6-3,39-42-44-40-34-30-35-41-44)38-33-29-27-25-23-21-19-17-15-13-11-8-5-2/h30,34-35,40-41H,4-29,31-33,36-39,42H2,1-3H3/q+1. The van der Waals surface area contributed by atoms with Crippen LogP contribution in [0.5, 0.6) is 0 Å². The molecule has 0 unspecified atom stereocenters. The molecule has 0 N–H and O–H groups in total. The first-order valence-electron chi connectivity index (χ1n) is 20.7. The Morgan fingerprint density at radius 3 is 0.932 bits per heavy atom. The van der Waals surface area contributed by atoms with Crippen molar-refractivity contribution in [1.82, 2.24) is 0 Å². The number of aromatic nitrogens is 1. The Morgan fingerprint density at radius 2 is 0.591 bits per heavy atom. The number of hydrogen-bond acceptors (Lipinski definition) is 0. The fraction of sp³-hybridized carbons (Fsp3) is 0.884. The molecule has 1 nitrogen and oxygen atoms in total. The largest absolute Gasteiger partial charge is 0.205 e. The van der Waals surface area contributed by atoms with Crippen molar-refractivity contribution in [2.24, 2.45) is 5.41 Å². The summed E-state index contributed by atoms with van der Waals surface area (Å²) in [5, 5.41) is 0. The predicted molar refractivity (Wildman–Crippen MR) is 198 cm³/mol. The van der Waals surface area contributed by atoms with E-state index >= 15 is 0 Å². The zero-order chi connectivity index (χ0) is 31.7. The summed E-state index contributed by atoms with van der Waals surface area (Å²) >= 11 is 0. The van der Waals surface area contributed by atoms with Gasteiger partial charge in [0.2, 0.25) is 0 Å². The normalized spacial score (nSPS) is 11.9. The van der Waals surface area contributed by atoms with Crippen molar-refractivity contribution in [3.63, 3.8) is 0 Å². The van der Waals surface area contributed by atoms with E-state index in [1.807, 2.05) is 0 Å². The van der Waals surface area contributed by atoms with Crippen LogP contribution in [-0.4, -0.2) is 0 Å². The van der Waals surface area contributed by atoms with Gasteiger partial charge in [-0.3, -0.25) is 0 Å². The van der Waals surface area contributed by atoms with Crippen molar-refractivity contribution in [3.8, 4) is 0 Å². The monoisotopic (exact) mass is 613 g/mol. The fourth-order valence-electron chi connectivity index (χ4n) is 7.49. The minimum atomic E-state index is 0.563. The van der Waals surface area contributed by atoms with Gasteiger partial charge in [-0.2, -0.15) is 0 Å². The molecule has 0 fully saturated rings. The molecule has 0 saturated heterocycles. The second kappa shape index (κ2) is 32.1. The lowest BCUT2D eigenvalue weighted by Crippen LogP contribution is -2.36. The zero-order valence-corrected chi connectivity index (χ0v) is 30.9. The average Bonchev–Trinajstić information content (AvgIpc) is 3.05. The second-order valence-electron chi connectivity index (χ2n) is 14.8. The zero-order valence-electron chi connectivity index (χ0n) is 30.9. The summed E-state index contributed by atoms with van der Waals surface area (Å²) in [6.45, 7) is 8.21. The maximum absolute atomic E-state index is 2.45. The number of hydrogen-bond donors (Lipinski definition) is 0. The van der Waals surface area contributed by atoms with Crippen molar-refractivity contribution >= 4 is 0 Å². The lowest BCUT2D eigenvalue weighted by molar-refractivity contribution is -0.699. The third kappa shape index (κ3) is 25.4. The van der Waals surface area contributed by atoms with Gasteiger partial charge in [-0.1, -0.05) is 213 Å². The molecule has 0 radical (unpaired) electrons. The average molecular weight is 613 g/mol. The molecule has 0 aliphatic heterocycles. The number of rotatable bonds is 35. The van der Waals surface area contributed by atoms with E-state index in [1.54, 1.807) is 0 Å². The van der Waals surface area contributed by atoms with Gasteiger partial charge in [0.25, 0.3) is 0 Å². The molecule has 1 heteroatoms. The number of pyridine rings is 1. The van der Waals surface area contributed by atoms with Gasteiger partial charge in [0.1, 0.15) is 6.54 Å². The molecule has 0 amide bonds. The van der Waals surface area contributed by atoms with E-state index < -0.39 is 0 Å². The first-order valence-corrected chi connectivity index (χ1v) is 20.7. The van der Waals surface area contributed by atoms with Crippen LogP contribution in [0, 0.1) is 5.41 Å². The van der Waals surface area contributed by atoms with Crippen molar-refractivity contribution in [2.75, 3.05) is 0 Å². The summed E-state index contributed by atoms with van der Waals surface area (Å²) < 4.78 is 2.45. The summed E-state index contributed by atoms with van der Waals surface area (Å²) in [6.07, 6.45) is 52.5. The molecule has 0 spiro atoms. The first kappa shape index (κ1) is 41.2. The maximum Gasteiger partial charge on any atom is 0.168 e. The van der Waals surface area contributed by atoms with E-state index in [1.165, 1.54) is 218 Å². The van der Waals surface area contributed by atoms with Gasteiger partial charge in [0.05, 0.1) is 0 Å². The van der Waals surface area contributed by atoms with E-state index in [4.69, 9.17) is 0 Å². The first-order chi connectivity index (χ1) is 21.8.